The summed E-state index contributed by atoms with van der Waals surface area (Å²) in [5, 5.41) is 1.46. The zero-order chi connectivity index (χ0) is 11.4. The van der Waals surface area contributed by atoms with E-state index in [4.69, 9.17) is 4.99 Å². The highest BCUT2D eigenvalue weighted by molar-refractivity contribution is 6.07. The van der Waals surface area contributed by atoms with Gasteiger partial charge in [0.1, 0.15) is 0 Å². The van der Waals surface area contributed by atoms with Crippen molar-refractivity contribution in [1.82, 2.24) is 4.57 Å². The van der Waals surface area contributed by atoms with Crippen LogP contribution in [-0.2, 0) is 13.0 Å². The van der Waals surface area contributed by atoms with E-state index >= 15 is 0 Å². The van der Waals surface area contributed by atoms with E-state index in [-0.39, 0.29) is 0 Å². The molecule has 0 saturated carbocycles. The van der Waals surface area contributed by atoms with Crippen molar-refractivity contribution in [2.45, 2.75) is 32.7 Å². The first-order valence-electron chi connectivity index (χ1n) is 6.50. The predicted molar refractivity (Wildman–Crippen MR) is 71.0 cm³/mol. The second kappa shape index (κ2) is 3.22. The Bertz CT molecular complexity index is 646. The minimum absolute atomic E-state index is 0.958. The van der Waals surface area contributed by atoms with E-state index in [2.05, 4.69) is 29.7 Å². The fraction of sp³-hybridized carbons (Fsp3) is 0.400. The van der Waals surface area contributed by atoms with E-state index in [1.54, 1.807) is 5.56 Å². The minimum atomic E-state index is 0.958. The summed E-state index contributed by atoms with van der Waals surface area (Å²) < 4.78 is 2.50. The van der Waals surface area contributed by atoms with E-state index in [0.29, 0.717) is 0 Å². The lowest BCUT2D eigenvalue weighted by Gasteiger charge is -2.21. The lowest BCUT2D eigenvalue weighted by Crippen LogP contribution is -2.22. The second-order valence-electron chi connectivity index (χ2n) is 5.18. The largest absolute Gasteiger partial charge is 0.337 e. The van der Waals surface area contributed by atoms with Gasteiger partial charge in [-0.25, -0.2) is 0 Å². The van der Waals surface area contributed by atoms with Crippen molar-refractivity contribution in [3.05, 3.63) is 35.0 Å². The van der Waals surface area contributed by atoms with Gasteiger partial charge in [-0.3, -0.25) is 4.99 Å². The molecule has 0 radical (unpaired) electrons. The Hall–Kier alpha value is -1.57. The van der Waals surface area contributed by atoms with Crippen molar-refractivity contribution in [3.8, 4) is 0 Å². The monoisotopic (exact) mass is 224 g/mol. The van der Waals surface area contributed by atoms with E-state index < -0.39 is 0 Å². The number of aryl methyl sites for hydroxylation is 2. The van der Waals surface area contributed by atoms with Crippen molar-refractivity contribution in [3.63, 3.8) is 0 Å². The highest BCUT2D eigenvalue weighted by Gasteiger charge is 2.26. The Morgan fingerprint density at radius 3 is 3.12 bits per heavy atom. The Balaban J connectivity index is 2.16. The molecule has 0 bridgehead atoms. The molecule has 0 amide bonds. The number of hydrogen-bond acceptors (Lipinski definition) is 1. The molecule has 0 spiro atoms. The Morgan fingerprint density at radius 2 is 2.18 bits per heavy atom. The van der Waals surface area contributed by atoms with Crippen molar-refractivity contribution in [1.29, 1.82) is 0 Å². The first-order chi connectivity index (χ1) is 8.34. The second-order valence-corrected chi connectivity index (χ2v) is 5.18. The Kier molecular flexibility index (Phi) is 1.79. The van der Waals surface area contributed by atoms with Crippen molar-refractivity contribution in [2.24, 2.45) is 4.99 Å². The number of aliphatic imine (C=N–C) groups is 1. The highest BCUT2D eigenvalue weighted by atomic mass is 15.1. The molecule has 2 nitrogen and oxygen atoms in total. The number of fused-ring (bicyclic) bond motifs is 3. The molecule has 1 aliphatic carbocycles. The number of benzene rings is 1. The van der Waals surface area contributed by atoms with Crippen LogP contribution in [0.15, 0.2) is 23.2 Å². The molecule has 0 saturated heterocycles. The zero-order valence-corrected chi connectivity index (χ0v) is 10.2. The Morgan fingerprint density at radius 1 is 1.24 bits per heavy atom. The molecule has 17 heavy (non-hydrogen) atoms. The summed E-state index contributed by atoms with van der Waals surface area (Å²) in [5.74, 6) is 0. The number of aromatic nitrogens is 1. The molecule has 4 rings (SSSR count). The summed E-state index contributed by atoms with van der Waals surface area (Å²) in [7, 11) is 0. The quantitative estimate of drug-likeness (QED) is 0.654. The third kappa shape index (κ3) is 1.18. The van der Waals surface area contributed by atoms with E-state index in [1.165, 1.54) is 47.1 Å². The molecule has 2 aliphatic rings. The normalized spacial score (nSPS) is 18.1. The maximum atomic E-state index is 4.71. The fourth-order valence-corrected chi connectivity index (χ4v) is 3.34. The van der Waals surface area contributed by atoms with Crippen LogP contribution in [0.2, 0.25) is 0 Å². The summed E-state index contributed by atoms with van der Waals surface area (Å²) in [6.07, 6.45) is 3.65. The van der Waals surface area contributed by atoms with Gasteiger partial charge >= 0.3 is 0 Å². The lowest BCUT2D eigenvalue weighted by atomic mass is 9.93. The van der Waals surface area contributed by atoms with Crippen LogP contribution >= 0.6 is 0 Å². The third-order valence-electron chi connectivity index (χ3n) is 4.06. The summed E-state index contributed by atoms with van der Waals surface area (Å²) in [5.41, 5.74) is 7.12. The number of hydrogen-bond donors (Lipinski definition) is 0. The van der Waals surface area contributed by atoms with Gasteiger partial charge in [0.15, 0.2) is 0 Å². The molecule has 2 heteroatoms. The van der Waals surface area contributed by atoms with Gasteiger partial charge in [0.05, 0.1) is 18.0 Å². The average Bonchev–Trinajstić information content (AvgIpc) is 2.67. The van der Waals surface area contributed by atoms with Crippen molar-refractivity contribution < 1.29 is 0 Å². The van der Waals surface area contributed by atoms with Crippen molar-refractivity contribution in [2.75, 3.05) is 6.54 Å². The van der Waals surface area contributed by atoms with Crippen LogP contribution < -0.4 is 0 Å². The van der Waals surface area contributed by atoms with Crippen LogP contribution in [0.4, 0.5) is 0 Å². The van der Waals surface area contributed by atoms with Gasteiger partial charge < -0.3 is 4.57 Å². The SMILES string of the molecule is Cc1ccc2c3c4n(c2c1)CCN=C4CCC3. The molecule has 2 aromatic rings. The number of rotatable bonds is 0. The summed E-state index contributed by atoms with van der Waals surface area (Å²) in [4.78, 5) is 4.71. The lowest BCUT2D eigenvalue weighted by molar-refractivity contribution is 0.682. The van der Waals surface area contributed by atoms with Gasteiger partial charge in [0, 0.05) is 17.4 Å². The van der Waals surface area contributed by atoms with Gasteiger partial charge in [-0.1, -0.05) is 12.1 Å². The van der Waals surface area contributed by atoms with Crippen LogP contribution in [0, 0.1) is 6.92 Å². The van der Waals surface area contributed by atoms with Crippen LogP contribution in [0.3, 0.4) is 0 Å². The van der Waals surface area contributed by atoms with E-state index in [0.717, 1.165) is 13.1 Å². The van der Waals surface area contributed by atoms with Crippen molar-refractivity contribution >= 4 is 16.6 Å². The van der Waals surface area contributed by atoms with Gasteiger partial charge in [-0.05, 0) is 43.4 Å². The molecule has 86 valence electrons. The zero-order valence-electron chi connectivity index (χ0n) is 10.2. The third-order valence-corrected chi connectivity index (χ3v) is 4.06. The minimum Gasteiger partial charge on any atom is -0.337 e. The van der Waals surface area contributed by atoms with Gasteiger partial charge in [0.25, 0.3) is 0 Å². The summed E-state index contributed by atoms with van der Waals surface area (Å²) in [6, 6.07) is 6.86. The summed E-state index contributed by atoms with van der Waals surface area (Å²) in [6.45, 7) is 4.19. The molecule has 0 unspecified atom stereocenters. The molecule has 0 fully saturated rings. The maximum Gasteiger partial charge on any atom is 0.0665 e. The molecule has 0 atom stereocenters. The molecule has 1 aromatic heterocycles. The fourth-order valence-electron chi connectivity index (χ4n) is 3.34. The maximum absolute atomic E-state index is 4.71. The molecular weight excluding hydrogens is 208 g/mol. The van der Waals surface area contributed by atoms with E-state index in [1.807, 2.05) is 0 Å². The van der Waals surface area contributed by atoms with Crippen LogP contribution in [-0.4, -0.2) is 16.8 Å². The summed E-state index contributed by atoms with van der Waals surface area (Å²) >= 11 is 0. The first-order valence-corrected chi connectivity index (χ1v) is 6.50. The molecule has 1 aliphatic heterocycles. The topological polar surface area (TPSA) is 17.3 Å². The van der Waals surface area contributed by atoms with Gasteiger partial charge in [0.2, 0.25) is 0 Å². The molecule has 2 heterocycles. The standard InChI is InChI=1S/C15H16N2/c1-10-5-6-11-12-3-2-4-13-15(12)17(8-7-16-13)14(11)9-10/h5-6,9H,2-4,7-8H2,1H3. The van der Waals surface area contributed by atoms with Gasteiger partial charge in [-0.2, -0.15) is 0 Å². The average molecular weight is 224 g/mol. The molecular formula is C15H16N2. The predicted octanol–water partition coefficient (Wildman–Crippen LogP) is 3.09. The number of nitrogens with zero attached hydrogens (tertiary/aromatic N) is 2. The molecule has 1 aromatic carbocycles. The smallest absolute Gasteiger partial charge is 0.0665 e. The van der Waals surface area contributed by atoms with Crippen LogP contribution in [0.5, 0.6) is 0 Å². The Labute approximate surface area is 101 Å². The van der Waals surface area contributed by atoms with Crippen LogP contribution in [0.1, 0.15) is 29.7 Å². The molecule has 0 N–H and O–H groups in total. The highest BCUT2D eigenvalue weighted by Crippen LogP contribution is 2.34. The first kappa shape index (κ1) is 9.46. The van der Waals surface area contributed by atoms with Crippen LogP contribution in [0.25, 0.3) is 10.9 Å². The van der Waals surface area contributed by atoms with Gasteiger partial charge in [-0.15, -0.1) is 0 Å². The van der Waals surface area contributed by atoms with E-state index in [9.17, 15) is 0 Å².